The summed E-state index contributed by atoms with van der Waals surface area (Å²) >= 11 is 0. The molecule has 0 unspecified atom stereocenters. The molecule has 0 aliphatic rings. The van der Waals surface area contributed by atoms with Crippen molar-refractivity contribution in [2.45, 2.75) is 13.3 Å². The van der Waals surface area contributed by atoms with E-state index in [0.717, 1.165) is 17.7 Å². The predicted octanol–water partition coefficient (Wildman–Crippen LogP) is 2.21. The summed E-state index contributed by atoms with van der Waals surface area (Å²) < 4.78 is 5.00. The molecule has 0 aliphatic heterocycles. The Kier molecular flexibility index (Phi) is 2.86. The summed E-state index contributed by atoms with van der Waals surface area (Å²) in [5.41, 5.74) is 2.11. The second kappa shape index (κ2) is 3.90. The molecule has 0 aliphatic carbocycles. The van der Waals surface area contributed by atoms with Gasteiger partial charge >= 0.3 is 0 Å². The second-order valence-electron chi connectivity index (χ2n) is 2.81. The molecule has 1 rings (SSSR count). The zero-order chi connectivity index (χ0) is 8.97. The van der Waals surface area contributed by atoms with E-state index in [1.54, 1.807) is 7.11 Å². The van der Waals surface area contributed by atoms with E-state index in [0.29, 0.717) is 5.88 Å². The van der Waals surface area contributed by atoms with E-state index in [1.165, 1.54) is 0 Å². The number of nitrogens with zero attached hydrogens (tertiary/aromatic N) is 1. The molecule has 0 N–H and O–H groups in total. The number of rotatable bonds is 3. The van der Waals surface area contributed by atoms with Gasteiger partial charge in [-0.15, -0.1) is 0 Å². The van der Waals surface area contributed by atoms with E-state index in [9.17, 15) is 0 Å². The van der Waals surface area contributed by atoms with Crippen LogP contribution in [0.25, 0.3) is 0 Å². The second-order valence-corrected chi connectivity index (χ2v) is 2.81. The van der Waals surface area contributed by atoms with Gasteiger partial charge in [0, 0.05) is 18.2 Å². The summed E-state index contributed by atoms with van der Waals surface area (Å²) in [5, 5.41) is 0. The maximum Gasteiger partial charge on any atom is 0.213 e. The Hall–Kier alpha value is -1.31. The van der Waals surface area contributed by atoms with Gasteiger partial charge in [-0.3, -0.25) is 0 Å². The van der Waals surface area contributed by atoms with Crippen molar-refractivity contribution in [1.82, 2.24) is 4.98 Å². The molecule has 0 amide bonds. The fourth-order valence-corrected chi connectivity index (χ4v) is 0.979. The average Bonchev–Trinajstić information content (AvgIpc) is 2.03. The van der Waals surface area contributed by atoms with E-state index in [-0.39, 0.29) is 0 Å². The van der Waals surface area contributed by atoms with Crippen LogP contribution in [-0.2, 0) is 6.42 Å². The topological polar surface area (TPSA) is 22.1 Å². The van der Waals surface area contributed by atoms with Crippen LogP contribution in [0.2, 0.25) is 0 Å². The monoisotopic (exact) mass is 163 g/mol. The molecule has 0 radical (unpaired) electrons. The van der Waals surface area contributed by atoms with Gasteiger partial charge in [0.1, 0.15) is 0 Å². The summed E-state index contributed by atoms with van der Waals surface area (Å²) in [6.45, 7) is 5.81. The van der Waals surface area contributed by atoms with Crippen molar-refractivity contribution < 1.29 is 4.74 Å². The van der Waals surface area contributed by atoms with Crippen LogP contribution in [0.1, 0.15) is 12.6 Å². The Labute approximate surface area is 72.9 Å². The van der Waals surface area contributed by atoms with Crippen LogP contribution in [-0.4, -0.2) is 12.1 Å². The molecule has 12 heavy (non-hydrogen) atoms. The quantitative estimate of drug-likeness (QED) is 0.637. The molecule has 0 saturated heterocycles. The largest absolute Gasteiger partial charge is 0.481 e. The van der Waals surface area contributed by atoms with Crippen LogP contribution in [0, 0.1) is 0 Å². The molecule has 1 aromatic heterocycles. The highest BCUT2D eigenvalue weighted by atomic mass is 16.5. The lowest BCUT2D eigenvalue weighted by Gasteiger charge is -2.02. The van der Waals surface area contributed by atoms with Crippen molar-refractivity contribution in [3.63, 3.8) is 0 Å². The Balaban J connectivity index is 2.79. The summed E-state index contributed by atoms with van der Waals surface area (Å²) in [4.78, 5) is 4.25. The molecule has 0 saturated carbocycles. The predicted molar refractivity (Wildman–Crippen MR) is 49.3 cm³/mol. The molecular formula is C10H13NO. The Morgan fingerprint density at radius 2 is 2.33 bits per heavy atom. The third-order valence-corrected chi connectivity index (χ3v) is 1.47. The summed E-state index contributed by atoms with van der Waals surface area (Å²) in [7, 11) is 1.62. The fraction of sp³-hybridized carbons (Fsp3) is 0.300. The fourth-order valence-electron chi connectivity index (χ4n) is 0.979. The van der Waals surface area contributed by atoms with Gasteiger partial charge in [-0.1, -0.05) is 18.2 Å². The smallest absolute Gasteiger partial charge is 0.213 e. The van der Waals surface area contributed by atoms with E-state index < -0.39 is 0 Å². The number of allylic oxidation sites excluding steroid dienone is 1. The van der Waals surface area contributed by atoms with Crippen molar-refractivity contribution in [1.29, 1.82) is 0 Å². The molecule has 0 atom stereocenters. The van der Waals surface area contributed by atoms with Gasteiger partial charge in [0.25, 0.3) is 0 Å². The van der Waals surface area contributed by atoms with E-state index in [2.05, 4.69) is 11.6 Å². The number of aromatic nitrogens is 1. The molecular weight excluding hydrogens is 150 g/mol. The molecule has 0 fully saturated rings. The Morgan fingerprint density at radius 1 is 1.58 bits per heavy atom. The van der Waals surface area contributed by atoms with Gasteiger partial charge < -0.3 is 4.74 Å². The van der Waals surface area contributed by atoms with Crippen LogP contribution in [0.4, 0.5) is 0 Å². The lowest BCUT2D eigenvalue weighted by molar-refractivity contribution is 0.396. The zero-order valence-electron chi connectivity index (χ0n) is 7.50. The molecule has 0 aromatic carbocycles. The first-order valence-electron chi connectivity index (χ1n) is 3.86. The maximum atomic E-state index is 5.00. The lowest BCUT2D eigenvalue weighted by atomic mass is 10.2. The van der Waals surface area contributed by atoms with Crippen LogP contribution in [0.3, 0.4) is 0 Å². The van der Waals surface area contributed by atoms with E-state index in [4.69, 9.17) is 4.74 Å². The number of hydrogen-bond acceptors (Lipinski definition) is 2. The first-order chi connectivity index (χ1) is 5.72. The van der Waals surface area contributed by atoms with Gasteiger partial charge in [0.15, 0.2) is 0 Å². The summed E-state index contributed by atoms with van der Waals surface area (Å²) in [5.74, 6) is 0.661. The summed E-state index contributed by atoms with van der Waals surface area (Å²) in [6, 6.07) is 5.74. The third-order valence-electron chi connectivity index (χ3n) is 1.47. The average molecular weight is 163 g/mol. The molecule has 0 spiro atoms. The van der Waals surface area contributed by atoms with Gasteiger partial charge in [0.05, 0.1) is 7.11 Å². The highest BCUT2D eigenvalue weighted by Crippen LogP contribution is 2.09. The first kappa shape index (κ1) is 8.78. The lowest BCUT2D eigenvalue weighted by Crippen LogP contribution is -1.93. The van der Waals surface area contributed by atoms with Gasteiger partial charge in [-0.05, 0) is 13.0 Å². The molecule has 2 heteroatoms. The maximum absolute atomic E-state index is 5.00. The van der Waals surface area contributed by atoms with Crippen LogP contribution in [0.5, 0.6) is 5.88 Å². The Bertz CT molecular complexity index is 281. The minimum atomic E-state index is 0.661. The van der Waals surface area contributed by atoms with E-state index >= 15 is 0 Å². The van der Waals surface area contributed by atoms with Crippen molar-refractivity contribution in [3.05, 3.63) is 36.0 Å². The van der Waals surface area contributed by atoms with Crippen molar-refractivity contribution >= 4 is 0 Å². The minimum Gasteiger partial charge on any atom is -0.481 e. The number of hydrogen-bond donors (Lipinski definition) is 0. The third kappa shape index (κ3) is 2.38. The molecule has 0 bridgehead atoms. The minimum absolute atomic E-state index is 0.661. The van der Waals surface area contributed by atoms with Crippen LogP contribution < -0.4 is 4.74 Å². The van der Waals surface area contributed by atoms with E-state index in [1.807, 2.05) is 25.1 Å². The molecule has 64 valence electrons. The van der Waals surface area contributed by atoms with Crippen LogP contribution >= 0.6 is 0 Å². The number of pyridine rings is 1. The molecule has 1 aromatic rings. The number of ether oxygens (including phenoxy) is 1. The van der Waals surface area contributed by atoms with Crippen molar-refractivity contribution in [2.75, 3.05) is 7.11 Å². The highest BCUT2D eigenvalue weighted by molar-refractivity contribution is 5.18. The summed E-state index contributed by atoms with van der Waals surface area (Å²) in [6.07, 6.45) is 0.817. The molecule has 1 heterocycles. The van der Waals surface area contributed by atoms with Crippen molar-refractivity contribution in [3.8, 4) is 5.88 Å². The van der Waals surface area contributed by atoms with Gasteiger partial charge in [-0.2, -0.15) is 0 Å². The van der Waals surface area contributed by atoms with Gasteiger partial charge in [-0.25, -0.2) is 4.98 Å². The Morgan fingerprint density at radius 3 is 2.92 bits per heavy atom. The highest BCUT2D eigenvalue weighted by Gasteiger charge is 1.96. The molecule has 2 nitrogen and oxygen atoms in total. The zero-order valence-corrected chi connectivity index (χ0v) is 7.50. The first-order valence-corrected chi connectivity index (χ1v) is 3.86. The number of methoxy groups -OCH3 is 1. The normalized spacial score (nSPS) is 9.50. The standard InChI is InChI=1S/C10H13NO/c1-8(2)7-9-5-4-6-10(11-9)12-3/h4-6H,1,7H2,2-3H3. The van der Waals surface area contributed by atoms with Gasteiger partial charge in [0.2, 0.25) is 5.88 Å². The SMILES string of the molecule is C=C(C)Cc1cccc(OC)n1. The van der Waals surface area contributed by atoms with Crippen LogP contribution in [0.15, 0.2) is 30.4 Å². The van der Waals surface area contributed by atoms with Crippen molar-refractivity contribution in [2.24, 2.45) is 0 Å².